The van der Waals surface area contributed by atoms with Crippen molar-refractivity contribution in [3.63, 3.8) is 0 Å². The maximum atomic E-state index is 10.9. The van der Waals surface area contributed by atoms with Gasteiger partial charge in [0.2, 0.25) is 6.41 Å². The van der Waals surface area contributed by atoms with Crippen molar-refractivity contribution < 1.29 is 9.53 Å². The first-order valence-electron chi connectivity index (χ1n) is 7.79. The highest BCUT2D eigenvalue weighted by Crippen LogP contribution is 2.40. The van der Waals surface area contributed by atoms with Crippen molar-refractivity contribution in [1.82, 2.24) is 0 Å². The van der Waals surface area contributed by atoms with Crippen LogP contribution in [0.4, 0.5) is 5.69 Å². The van der Waals surface area contributed by atoms with Crippen LogP contribution in [0.3, 0.4) is 0 Å². The van der Waals surface area contributed by atoms with E-state index in [0.717, 1.165) is 31.3 Å². The number of hydrogen-bond donors (Lipinski definition) is 1. The van der Waals surface area contributed by atoms with E-state index in [-0.39, 0.29) is 0 Å². The van der Waals surface area contributed by atoms with Gasteiger partial charge < -0.3 is 10.1 Å². The topological polar surface area (TPSA) is 38.3 Å². The molecule has 1 N–H and O–H groups in total. The van der Waals surface area contributed by atoms with Crippen LogP contribution in [0.25, 0.3) is 0 Å². The van der Waals surface area contributed by atoms with Crippen LogP contribution in [-0.2, 0) is 11.4 Å². The summed E-state index contributed by atoms with van der Waals surface area (Å²) < 4.78 is 6.78. The quantitative estimate of drug-likeness (QED) is 0.425. The van der Waals surface area contributed by atoms with Crippen LogP contribution in [0.15, 0.2) is 81.0 Å². The van der Waals surface area contributed by atoms with Gasteiger partial charge in [0.1, 0.15) is 12.4 Å². The normalized spacial score (nSPS) is 10.4. The van der Waals surface area contributed by atoms with E-state index in [1.165, 1.54) is 11.8 Å². The molecule has 0 spiro atoms. The number of hydrogen-bond acceptors (Lipinski definition) is 3. The van der Waals surface area contributed by atoms with Crippen molar-refractivity contribution >= 4 is 51.4 Å². The number of carbonyl (C=O) groups excluding carboxylic acids is 1. The highest BCUT2D eigenvalue weighted by atomic mass is 79.9. The van der Waals surface area contributed by atoms with E-state index >= 15 is 0 Å². The van der Waals surface area contributed by atoms with E-state index < -0.39 is 0 Å². The van der Waals surface area contributed by atoms with Gasteiger partial charge in [-0.15, -0.1) is 0 Å². The Labute approximate surface area is 169 Å². The summed E-state index contributed by atoms with van der Waals surface area (Å²) in [6, 6.07) is 21.2. The highest BCUT2D eigenvalue weighted by Gasteiger charge is 2.10. The molecule has 3 aromatic carbocycles. The van der Waals surface area contributed by atoms with Crippen LogP contribution >= 0.6 is 39.3 Å². The number of rotatable bonds is 7. The van der Waals surface area contributed by atoms with Gasteiger partial charge in [-0.1, -0.05) is 53.7 Å². The third kappa shape index (κ3) is 5.04. The lowest BCUT2D eigenvalue weighted by Crippen LogP contribution is -1.98. The molecule has 0 aromatic heterocycles. The monoisotopic (exact) mass is 447 g/mol. The summed E-state index contributed by atoms with van der Waals surface area (Å²) in [7, 11) is 0. The molecule has 0 unspecified atom stereocenters. The third-order valence-corrected chi connectivity index (χ3v) is 5.82. The Hall–Kier alpha value is -1.95. The number of carbonyl (C=O) groups is 1. The first-order chi connectivity index (χ1) is 12.7. The fraction of sp³-hybridized carbons (Fsp3) is 0.0500. The number of benzene rings is 3. The van der Waals surface area contributed by atoms with E-state index in [1.54, 1.807) is 0 Å². The summed E-state index contributed by atoms with van der Waals surface area (Å²) in [5.74, 6) is 0.734. The van der Waals surface area contributed by atoms with Crippen molar-refractivity contribution in [2.24, 2.45) is 0 Å². The van der Waals surface area contributed by atoms with Crippen molar-refractivity contribution in [3.05, 3.63) is 81.8 Å². The molecule has 3 aromatic rings. The Morgan fingerprint density at radius 2 is 1.85 bits per heavy atom. The van der Waals surface area contributed by atoms with Crippen molar-refractivity contribution in [2.75, 3.05) is 5.32 Å². The van der Waals surface area contributed by atoms with E-state index in [4.69, 9.17) is 16.3 Å². The molecule has 0 saturated carbocycles. The molecule has 0 fully saturated rings. The fourth-order valence-corrected chi connectivity index (χ4v) is 4.14. The molecule has 0 radical (unpaired) electrons. The minimum atomic E-state index is 0.482. The lowest BCUT2D eigenvalue weighted by molar-refractivity contribution is -0.105. The second-order valence-electron chi connectivity index (χ2n) is 5.37. The van der Waals surface area contributed by atoms with Gasteiger partial charge in [-0.05, 0) is 57.9 Å². The number of anilines is 1. The SMILES string of the molecule is O=CNc1ccc(OCc2ccccc2)cc1Sc1ccc(Cl)cc1Br. The standard InChI is InChI=1S/C20H15BrClNO2S/c21-17-10-15(22)6-9-19(17)26-20-11-16(7-8-18(20)23-13-24)25-12-14-4-2-1-3-5-14/h1-11,13H,12H2,(H,23,24). The van der Waals surface area contributed by atoms with Crippen LogP contribution < -0.4 is 10.1 Å². The zero-order valence-corrected chi connectivity index (χ0v) is 16.8. The molecule has 0 aliphatic rings. The van der Waals surface area contributed by atoms with Crippen LogP contribution in [0.1, 0.15) is 5.56 Å². The van der Waals surface area contributed by atoms with Gasteiger partial charge in [0, 0.05) is 19.3 Å². The number of halogens is 2. The average molecular weight is 449 g/mol. The minimum Gasteiger partial charge on any atom is -0.489 e. The largest absolute Gasteiger partial charge is 0.489 e. The molecule has 1 amide bonds. The summed E-state index contributed by atoms with van der Waals surface area (Å²) in [6.45, 7) is 0.482. The molecule has 26 heavy (non-hydrogen) atoms. The second kappa shape index (κ2) is 9.12. The van der Waals surface area contributed by atoms with Crippen molar-refractivity contribution in [3.8, 4) is 5.75 Å². The van der Waals surface area contributed by atoms with Crippen LogP contribution in [0.5, 0.6) is 5.75 Å². The predicted octanol–water partition coefficient (Wildman–Crippen LogP) is 6.40. The summed E-state index contributed by atoms with van der Waals surface area (Å²) >= 11 is 11.0. The van der Waals surface area contributed by atoms with Gasteiger partial charge in [-0.3, -0.25) is 4.79 Å². The Morgan fingerprint density at radius 3 is 2.58 bits per heavy atom. The summed E-state index contributed by atoms with van der Waals surface area (Å²) in [5, 5.41) is 3.39. The van der Waals surface area contributed by atoms with E-state index in [1.807, 2.05) is 66.7 Å². The minimum absolute atomic E-state index is 0.482. The first-order valence-corrected chi connectivity index (χ1v) is 9.78. The Balaban J connectivity index is 1.82. The summed E-state index contributed by atoms with van der Waals surface area (Å²) in [6.07, 6.45) is 0.667. The first kappa shape index (κ1) is 18.8. The van der Waals surface area contributed by atoms with Gasteiger partial charge in [0.05, 0.1) is 5.69 Å². The van der Waals surface area contributed by atoms with Crippen LogP contribution in [0, 0.1) is 0 Å². The fourth-order valence-electron chi connectivity index (χ4n) is 2.28. The average Bonchev–Trinajstić information content (AvgIpc) is 2.65. The van der Waals surface area contributed by atoms with Gasteiger partial charge in [-0.25, -0.2) is 0 Å². The zero-order valence-electron chi connectivity index (χ0n) is 13.6. The second-order valence-corrected chi connectivity index (χ2v) is 7.75. The molecule has 0 heterocycles. The van der Waals surface area contributed by atoms with Crippen LogP contribution in [0.2, 0.25) is 5.02 Å². The molecule has 6 heteroatoms. The van der Waals surface area contributed by atoms with Gasteiger partial charge in [-0.2, -0.15) is 0 Å². The molecular weight excluding hydrogens is 434 g/mol. The zero-order chi connectivity index (χ0) is 18.4. The molecule has 0 aliphatic carbocycles. The Morgan fingerprint density at radius 1 is 1.04 bits per heavy atom. The molecule has 3 nitrogen and oxygen atoms in total. The molecule has 3 rings (SSSR count). The van der Waals surface area contributed by atoms with Gasteiger partial charge >= 0.3 is 0 Å². The van der Waals surface area contributed by atoms with Gasteiger partial charge in [0.25, 0.3) is 0 Å². The number of ether oxygens (including phenoxy) is 1. The summed E-state index contributed by atoms with van der Waals surface area (Å²) in [4.78, 5) is 12.8. The van der Waals surface area contributed by atoms with Crippen molar-refractivity contribution in [1.29, 1.82) is 0 Å². The van der Waals surface area contributed by atoms with E-state index in [2.05, 4.69) is 21.2 Å². The highest BCUT2D eigenvalue weighted by molar-refractivity contribution is 9.10. The predicted molar refractivity (Wildman–Crippen MR) is 110 cm³/mol. The maximum absolute atomic E-state index is 10.9. The molecule has 0 saturated heterocycles. The number of nitrogens with one attached hydrogen (secondary N) is 1. The molecule has 132 valence electrons. The maximum Gasteiger partial charge on any atom is 0.211 e. The molecule has 0 bridgehead atoms. The van der Waals surface area contributed by atoms with Crippen LogP contribution in [-0.4, -0.2) is 6.41 Å². The number of amides is 1. The third-order valence-electron chi connectivity index (χ3n) is 3.53. The molecular formula is C20H15BrClNO2S. The Bertz CT molecular complexity index is 906. The van der Waals surface area contributed by atoms with E-state index in [9.17, 15) is 4.79 Å². The van der Waals surface area contributed by atoms with Crippen molar-refractivity contribution in [2.45, 2.75) is 16.4 Å². The lowest BCUT2D eigenvalue weighted by atomic mass is 10.2. The molecule has 0 aliphatic heterocycles. The summed E-state index contributed by atoms with van der Waals surface area (Å²) in [5.41, 5.74) is 1.82. The lowest BCUT2D eigenvalue weighted by Gasteiger charge is -2.13. The van der Waals surface area contributed by atoms with Gasteiger partial charge in [0.15, 0.2) is 0 Å². The van der Waals surface area contributed by atoms with E-state index in [0.29, 0.717) is 18.0 Å². The molecule has 0 atom stereocenters. The Kier molecular flexibility index (Phi) is 6.61. The smallest absolute Gasteiger partial charge is 0.211 e.